The molecular formula is C30H30BF2N5O3. The van der Waals surface area contributed by atoms with Crippen LogP contribution in [-0.4, -0.2) is 50.0 Å². The predicted molar refractivity (Wildman–Crippen MR) is 158 cm³/mol. The molecule has 1 amide bonds. The molecule has 5 rings (SSSR count). The van der Waals surface area contributed by atoms with Gasteiger partial charge >= 0.3 is 0 Å². The van der Waals surface area contributed by atoms with Crippen LogP contribution < -0.4 is 19.3 Å². The number of hydrogen-bond donors (Lipinski definition) is 1. The standard InChI is InChI=1S/C30H30BF2N5O3/c1-16(34)22(12-31-3)23-10-24-19(13-35-23)15-37(29-27(32)25(40-5)11-26(41-6)28(29)33)17(2)38(24)20-8-7-18-14-36(4)30(39)21(18)9-20/h7-13,31,34H,2,14-15H2,1,3-6H3/b22-12+,34-16?. The van der Waals surface area contributed by atoms with Gasteiger partial charge in [0.2, 0.25) is 0 Å². The van der Waals surface area contributed by atoms with Crippen molar-refractivity contribution < 1.29 is 23.0 Å². The van der Waals surface area contributed by atoms with Gasteiger partial charge in [-0.2, -0.15) is 0 Å². The lowest BCUT2D eigenvalue weighted by Gasteiger charge is -2.41. The van der Waals surface area contributed by atoms with Gasteiger partial charge in [0.05, 0.1) is 32.1 Å². The average Bonchev–Trinajstić information content (AvgIpc) is 3.24. The van der Waals surface area contributed by atoms with Crippen LogP contribution in [0.25, 0.3) is 5.57 Å². The summed E-state index contributed by atoms with van der Waals surface area (Å²) in [6.07, 6.45) is 1.64. The average molecular weight is 557 g/mol. The van der Waals surface area contributed by atoms with E-state index >= 15 is 8.78 Å². The molecule has 1 aromatic heterocycles. The normalized spacial score (nSPS) is 14.7. The second-order valence-electron chi connectivity index (χ2n) is 9.95. The monoisotopic (exact) mass is 557 g/mol. The molecular weight excluding hydrogens is 527 g/mol. The molecule has 2 aliphatic rings. The summed E-state index contributed by atoms with van der Waals surface area (Å²) in [5, 5.41) is 8.28. The van der Waals surface area contributed by atoms with Crippen molar-refractivity contribution >= 4 is 41.5 Å². The van der Waals surface area contributed by atoms with Crippen molar-refractivity contribution in [2.45, 2.75) is 26.8 Å². The number of nitrogens with zero attached hydrogens (tertiary/aromatic N) is 4. The summed E-state index contributed by atoms with van der Waals surface area (Å²) in [5.41, 5.74) is 4.60. The number of pyridine rings is 1. The molecule has 2 aromatic carbocycles. The summed E-state index contributed by atoms with van der Waals surface area (Å²) in [7, 11) is 5.04. The summed E-state index contributed by atoms with van der Waals surface area (Å²) in [6.45, 7) is 8.49. The summed E-state index contributed by atoms with van der Waals surface area (Å²) in [6, 6.07) is 8.50. The van der Waals surface area contributed by atoms with Crippen molar-refractivity contribution in [3.05, 3.63) is 88.9 Å². The Morgan fingerprint density at radius 3 is 2.39 bits per heavy atom. The smallest absolute Gasteiger partial charge is 0.254 e. The number of amides is 1. The molecule has 0 aliphatic carbocycles. The van der Waals surface area contributed by atoms with Crippen LogP contribution in [-0.2, 0) is 13.1 Å². The zero-order valence-electron chi connectivity index (χ0n) is 23.6. The van der Waals surface area contributed by atoms with Gasteiger partial charge in [0.1, 0.15) is 18.8 Å². The SMILES string of the molecule is C=C1N(c2c(F)c(OC)cc(OC)c2F)Cc2cnc(/C(=C/BC)C(C)=N)cc2N1c1ccc2c(c1)C(=O)N(C)C2. The van der Waals surface area contributed by atoms with E-state index in [1.807, 2.05) is 31.0 Å². The van der Waals surface area contributed by atoms with E-state index in [-0.39, 0.29) is 35.5 Å². The fourth-order valence-corrected chi connectivity index (χ4v) is 5.30. The maximum atomic E-state index is 15.7. The van der Waals surface area contributed by atoms with Gasteiger partial charge in [0.15, 0.2) is 23.1 Å². The first-order valence-electron chi connectivity index (χ1n) is 13.1. The first-order chi connectivity index (χ1) is 19.6. The molecule has 0 saturated carbocycles. The minimum atomic E-state index is -0.904. The zero-order valence-corrected chi connectivity index (χ0v) is 23.6. The van der Waals surface area contributed by atoms with Crippen molar-refractivity contribution in [3.8, 4) is 11.5 Å². The van der Waals surface area contributed by atoms with Crippen LogP contribution in [0.1, 0.15) is 34.1 Å². The van der Waals surface area contributed by atoms with E-state index in [2.05, 4.69) is 11.6 Å². The number of hydrogen-bond acceptors (Lipinski definition) is 7. The van der Waals surface area contributed by atoms with Gasteiger partial charge in [-0.25, -0.2) is 8.78 Å². The number of rotatable bonds is 7. The van der Waals surface area contributed by atoms with E-state index in [4.69, 9.17) is 14.9 Å². The fourth-order valence-electron chi connectivity index (χ4n) is 5.30. The Bertz CT molecular complexity index is 1610. The molecule has 2 aliphatic heterocycles. The minimum absolute atomic E-state index is 0.0467. The number of benzene rings is 2. The molecule has 3 heterocycles. The number of carbonyl (C=O) groups is 1. The quantitative estimate of drug-likeness (QED) is 0.307. The largest absolute Gasteiger partial charge is 0.493 e. The lowest BCUT2D eigenvalue weighted by molar-refractivity contribution is 0.0816. The van der Waals surface area contributed by atoms with Crippen molar-refractivity contribution in [2.75, 3.05) is 31.1 Å². The van der Waals surface area contributed by atoms with Gasteiger partial charge < -0.3 is 24.7 Å². The van der Waals surface area contributed by atoms with Crippen molar-refractivity contribution in [3.63, 3.8) is 0 Å². The summed E-state index contributed by atoms with van der Waals surface area (Å²) >= 11 is 0. The Kier molecular flexibility index (Phi) is 7.29. The zero-order chi connectivity index (χ0) is 29.6. The highest BCUT2D eigenvalue weighted by molar-refractivity contribution is 6.45. The van der Waals surface area contributed by atoms with E-state index in [0.717, 1.165) is 11.6 Å². The number of halogens is 2. The van der Waals surface area contributed by atoms with Gasteiger partial charge in [-0.05, 0) is 30.7 Å². The van der Waals surface area contributed by atoms with Crippen molar-refractivity contribution in [2.24, 2.45) is 0 Å². The molecule has 0 unspecified atom stereocenters. The molecule has 0 saturated heterocycles. The van der Waals surface area contributed by atoms with Crippen LogP contribution >= 0.6 is 0 Å². The third-order valence-electron chi connectivity index (χ3n) is 7.35. The van der Waals surface area contributed by atoms with Crippen LogP contribution in [0.15, 0.2) is 54.9 Å². The van der Waals surface area contributed by atoms with Crippen molar-refractivity contribution in [1.82, 2.24) is 9.88 Å². The van der Waals surface area contributed by atoms with E-state index in [1.54, 1.807) is 36.0 Å². The number of allylic oxidation sites excluding steroid dienone is 1. The first-order valence-corrected chi connectivity index (χ1v) is 13.1. The molecule has 210 valence electrons. The van der Waals surface area contributed by atoms with Gasteiger partial charge in [0, 0.05) is 54.0 Å². The molecule has 1 N–H and O–H groups in total. The molecule has 3 aromatic rings. The molecule has 0 atom stereocenters. The van der Waals surface area contributed by atoms with Crippen LogP contribution in [0.4, 0.5) is 25.8 Å². The Hall–Kier alpha value is -4.67. The second kappa shape index (κ2) is 10.7. The second-order valence-corrected chi connectivity index (χ2v) is 9.95. The number of ether oxygens (including phenoxy) is 2. The van der Waals surface area contributed by atoms with E-state index in [0.29, 0.717) is 53.3 Å². The Balaban J connectivity index is 1.74. The topological polar surface area (TPSA) is 82.0 Å². The Labute approximate surface area is 238 Å². The van der Waals surface area contributed by atoms with Gasteiger partial charge in [0.25, 0.3) is 5.91 Å². The van der Waals surface area contributed by atoms with E-state index in [1.165, 1.54) is 19.1 Å². The van der Waals surface area contributed by atoms with Gasteiger partial charge in [-0.15, -0.1) is 5.98 Å². The van der Waals surface area contributed by atoms with Crippen molar-refractivity contribution in [1.29, 1.82) is 5.41 Å². The molecule has 41 heavy (non-hydrogen) atoms. The lowest BCUT2D eigenvalue weighted by atomic mass is 9.79. The van der Waals surface area contributed by atoms with Crippen LogP contribution in [0, 0.1) is 17.0 Å². The molecule has 0 fully saturated rings. The number of fused-ring (bicyclic) bond motifs is 2. The maximum absolute atomic E-state index is 15.7. The Morgan fingerprint density at radius 1 is 1.10 bits per heavy atom. The van der Waals surface area contributed by atoms with Crippen LogP contribution in [0.5, 0.6) is 11.5 Å². The Morgan fingerprint density at radius 2 is 1.78 bits per heavy atom. The summed E-state index contributed by atoms with van der Waals surface area (Å²) in [5.74, 6) is -0.106. The van der Waals surface area contributed by atoms with Gasteiger partial charge in [-0.3, -0.25) is 14.7 Å². The number of methoxy groups -OCH3 is 2. The molecule has 11 heteroatoms. The molecule has 0 radical (unpaired) electrons. The first kappa shape index (κ1) is 27.9. The molecule has 8 nitrogen and oxygen atoms in total. The minimum Gasteiger partial charge on any atom is -0.493 e. The molecule has 0 bridgehead atoms. The summed E-state index contributed by atoms with van der Waals surface area (Å²) < 4.78 is 41.8. The van der Waals surface area contributed by atoms with Crippen LogP contribution in [0.3, 0.4) is 0 Å². The highest BCUT2D eigenvalue weighted by Gasteiger charge is 2.35. The highest BCUT2D eigenvalue weighted by Crippen LogP contribution is 2.46. The number of aromatic nitrogens is 1. The maximum Gasteiger partial charge on any atom is 0.254 e. The van der Waals surface area contributed by atoms with Crippen LogP contribution in [0.2, 0.25) is 6.82 Å². The van der Waals surface area contributed by atoms with E-state index in [9.17, 15) is 4.79 Å². The third kappa shape index (κ3) is 4.61. The predicted octanol–water partition coefficient (Wildman–Crippen LogP) is 5.46. The fraction of sp³-hybridized carbons (Fsp3) is 0.233. The number of anilines is 3. The third-order valence-corrected chi connectivity index (χ3v) is 7.35. The molecule has 0 spiro atoms. The van der Waals surface area contributed by atoms with E-state index < -0.39 is 11.6 Å². The highest BCUT2D eigenvalue weighted by atomic mass is 19.1. The number of carbonyl (C=O) groups excluding carboxylic acids is 1. The van der Waals surface area contributed by atoms with Gasteiger partial charge in [-0.1, -0.05) is 19.5 Å². The summed E-state index contributed by atoms with van der Waals surface area (Å²) in [4.78, 5) is 22.3. The lowest BCUT2D eigenvalue weighted by Crippen LogP contribution is -2.38. The number of nitrogens with one attached hydrogen (secondary N) is 1.